The van der Waals surface area contributed by atoms with Crippen LogP contribution in [0.25, 0.3) is 0 Å². The van der Waals surface area contributed by atoms with E-state index in [4.69, 9.17) is 4.74 Å². The predicted octanol–water partition coefficient (Wildman–Crippen LogP) is 2.22. The SMILES string of the molecule is CC#CCCC(C(=O)O)(C(=O)OC)C1CCCC1. The molecule has 0 saturated heterocycles. The smallest absolute Gasteiger partial charge is 0.323 e. The normalized spacial score (nSPS) is 18.6. The van der Waals surface area contributed by atoms with Crippen molar-refractivity contribution < 1.29 is 19.4 Å². The van der Waals surface area contributed by atoms with Crippen LogP contribution in [0.5, 0.6) is 0 Å². The number of esters is 1. The zero-order chi connectivity index (χ0) is 13.6. The van der Waals surface area contributed by atoms with Gasteiger partial charge >= 0.3 is 11.9 Å². The van der Waals surface area contributed by atoms with E-state index in [1.807, 2.05) is 0 Å². The second-order valence-electron chi connectivity index (χ2n) is 4.68. The topological polar surface area (TPSA) is 63.6 Å². The molecule has 0 aromatic heterocycles. The number of carboxylic acid groups (broad SMARTS) is 1. The van der Waals surface area contributed by atoms with Gasteiger partial charge in [0.1, 0.15) is 0 Å². The van der Waals surface area contributed by atoms with Gasteiger partial charge in [-0.1, -0.05) is 12.8 Å². The van der Waals surface area contributed by atoms with Crippen LogP contribution < -0.4 is 0 Å². The second kappa shape index (κ2) is 6.44. The van der Waals surface area contributed by atoms with Crippen LogP contribution in [0.4, 0.5) is 0 Å². The van der Waals surface area contributed by atoms with Gasteiger partial charge in [-0.25, -0.2) is 0 Å². The number of ether oxygens (including phenoxy) is 1. The Balaban J connectivity index is 3.03. The molecule has 1 fully saturated rings. The number of carboxylic acids is 1. The molecule has 1 aliphatic rings. The van der Waals surface area contributed by atoms with Gasteiger partial charge in [0.2, 0.25) is 0 Å². The molecule has 1 aliphatic carbocycles. The Morgan fingerprint density at radius 3 is 2.44 bits per heavy atom. The van der Waals surface area contributed by atoms with E-state index >= 15 is 0 Å². The van der Waals surface area contributed by atoms with Crippen molar-refractivity contribution in [1.82, 2.24) is 0 Å². The van der Waals surface area contributed by atoms with Crippen LogP contribution in [-0.4, -0.2) is 24.2 Å². The number of hydrogen-bond donors (Lipinski definition) is 1. The lowest BCUT2D eigenvalue weighted by atomic mass is 9.71. The molecule has 1 atom stereocenters. The zero-order valence-electron chi connectivity index (χ0n) is 11.0. The Bertz CT molecular complexity index is 371. The minimum Gasteiger partial charge on any atom is -0.480 e. The molecule has 0 aromatic rings. The minimum absolute atomic E-state index is 0.124. The monoisotopic (exact) mass is 252 g/mol. The number of carbonyl (C=O) groups excluding carboxylic acids is 1. The molecule has 0 aromatic carbocycles. The van der Waals surface area contributed by atoms with Crippen LogP contribution in [0.3, 0.4) is 0 Å². The third kappa shape index (κ3) is 2.66. The third-order valence-corrected chi connectivity index (χ3v) is 3.80. The molecule has 0 bridgehead atoms. The zero-order valence-corrected chi connectivity index (χ0v) is 11.0. The standard InChI is InChI=1S/C14H20O4/c1-3-4-7-10-14(12(15)16,13(17)18-2)11-8-5-6-9-11/h11H,5-10H2,1-2H3,(H,15,16). The lowest BCUT2D eigenvalue weighted by molar-refractivity contribution is -0.172. The summed E-state index contributed by atoms with van der Waals surface area (Å²) >= 11 is 0. The van der Waals surface area contributed by atoms with Crippen molar-refractivity contribution in [3.05, 3.63) is 0 Å². The van der Waals surface area contributed by atoms with E-state index in [0.717, 1.165) is 25.7 Å². The van der Waals surface area contributed by atoms with Crippen molar-refractivity contribution in [2.45, 2.75) is 45.4 Å². The van der Waals surface area contributed by atoms with Crippen molar-refractivity contribution >= 4 is 11.9 Å². The first-order valence-corrected chi connectivity index (χ1v) is 6.31. The number of carbonyl (C=O) groups is 2. The lowest BCUT2D eigenvalue weighted by Gasteiger charge is -2.31. The van der Waals surface area contributed by atoms with Crippen molar-refractivity contribution in [3.8, 4) is 11.8 Å². The molecule has 0 aliphatic heterocycles. The Kier molecular flexibility index (Phi) is 5.21. The van der Waals surface area contributed by atoms with Crippen LogP contribution in [0.1, 0.15) is 45.4 Å². The maximum absolute atomic E-state index is 12.0. The summed E-state index contributed by atoms with van der Waals surface area (Å²) in [6, 6.07) is 0. The highest BCUT2D eigenvalue weighted by atomic mass is 16.5. The highest BCUT2D eigenvalue weighted by Crippen LogP contribution is 2.44. The van der Waals surface area contributed by atoms with Crippen molar-refractivity contribution in [1.29, 1.82) is 0 Å². The molecule has 100 valence electrons. The number of rotatable bonds is 5. The molecule has 18 heavy (non-hydrogen) atoms. The maximum atomic E-state index is 12.0. The van der Waals surface area contributed by atoms with E-state index in [0.29, 0.717) is 6.42 Å². The summed E-state index contributed by atoms with van der Waals surface area (Å²) in [5, 5.41) is 9.54. The van der Waals surface area contributed by atoms with Gasteiger partial charge in [-0.3, -0.25) is 9.59 Å². The Morgan fingerprint density at radius 2 is 2.00 bits per heavy atom. The number of aliphatic carboxylic acids is 1. The fourth-order valence-electron chi connectivity index (χ4n) is 2.83. The van der Waals surface area contributed by atoms with Crippen molar-refractivity contribution in [2.75, 3.05) is 7.11 Å². The van der Waals surface area contributed by atoms with E-state index < -0.39 is 17.4 Å². The molecule has 4 nitrogen and oxygen atoms in total. The van der Waals surface area contributed by atoms with E-state index in [-0.39, 0.29) is 12.3 Å². The van der Waals surface area contributed by atoms with Gasteiger partial charge in [-0.05, 0) is 32.1 Å². The summed E-state index contributed by atoms with van der Waals surface area (Å²) < 4.78 is 4.75. The van der Waals surface area contributed by atoms with Gasteiger partial charge in [0.25, 0.3) is 0 Å². The van der Waals surface area contributed by atoms with Gasteiger partial charge in [0.05, 0.1) is 7.11 Å². The fraction of sp³-hybridized carbons (Fsp3) is 0.714. The molecule has 0 radical (unpaired) electrons. The van der Waals surface area contributed by atoms with Gasteiger partial charge in [-0.15, -0.1) is 11.8 Å². The lowest BCUT2D eigenvalue weighted by Crippen LogP contribution is -2.45. The predicted molar refractivity (Wildman–Crippen MR) is 66.7 cm³/mol. The van der Waals surface area contributed by atoms with Crippen LogP contribution in [0, 0.1) is 23.2 Å². The molecular formula is C14H20O4. The third-order valence-electron chi connectivity index (χ3n) is 3.80. The highest BCUT2D eigenvalue weighted by Gasteiger charge is 2.53. The molecule has 0 amide bonds. The van der Waals surface area contributed by atoms with Gasteiger partial charge in [0, 0.05) is 6.42 Å². The van der Waals surface area contributed by atoms with Gasteiger partial charge in [0.15, 0.2) is 5.41 Å². The average Bonchev–Trinajstić information content (AvgIpc) is 2.87. The summed E-state index contributed by atoms with van der Waals surface area (Å²) in [7, 11) is 1.25. The van der Waals surface area contributed by atoms with Crippen LogP contribution in [-0.2, 0) is 14.3 Å². The summed E-state index contributed by atoms with van der Waals surface area (Å²) in [4.78, 5) is 23.7. The first-order chi connectivity index (χ1) is 8.59. The molecule has 1 unspecified atom stereocenters. The highest BCUT2D eigenvalue weighted by molar-refractivity contribution is 5.99. The molecule has 0 heterocycles. The van der Waals surface area contributed by atoms with Crippen LogP contribution >= 0.6 is 0 Å². The summed E-state index contributed by atoms with van der Waals surface area (Å²) in [6.07, 6.45) is 4.17. The van der Waals surface area contributed by atoms with E-state index in [1.54, 1.807) is 6.92 Å². The molecule has 4 heteroatoms. The number of methoxy groups -OCH3 is 1. The van der Waals surface area contributed by atoms with E-state index in [2.05, 4.69) is 11.8 Å². The first-order valence-electron chi connectivity index (χ1n) is 6.31. The Hall–Kier alpha value is -1.50. The van der Waals surface area contributed by atoms with Gasteiger partial charge in [-0.2, -0.15) is 0 Å². The Labute approximate surface area is 108 Å². The second-order valence-corrected chi connectivity index (χ2v) is 4.68. The maximum Gasteiger partial charge on any atom is 0.323 e. The molecule has 1 saturated carbocycles. The first kappa shape index (κ1) is 14.6. The molecular weight excluding hydrogens is 232 g/mol. The summed E-state index contributed by atoms with van der Waals surface area (Å²) in [5.74, 6) is 3.75. The van der Waals surface area contributed by atoms with Crippen molar-refractivity contribution in [3.63, 3.8) is 0 Å². The average molecular weight is 252 g/mol. The largest absolute Gasteiger partial charge is 0.480 e. The minimum atomic E-state index is -1.41. The quantitative estimate of drug-likeness (QED) is 0.463. The van der Waals surface area contributed by atoms with Crippen molar-refractivity contribution in [2.24, 2.45) is 11.3 Å². The number of hydrogen-bond acceptors (Lipinski definition) is 3. The fourth-order valence-corrected chi connectivity index (χ4v) is 2.83. The summed E-state index contributed by atoms with van der Waals surface area (Å²) in [6.45, 7) is 1.70. The van der Waals surface area contributed by atoms with E-state index in [1.165, 1.54) is 7.11 Å². The Morgan fingerprint density at radius 1 is 1.39 bits per heavy atom. The molecule has 1 rings (SSSR count). The molecule has 0 spiro atoms. The molecule has 1 N–H and O–H groups in total. The van der Waals surface area contributed by atoms with Gasteiger partial charge < -0.3 is 9.84 Å². The van der Waals surface area contributed by atoms with Crippen LogP contribution in [0.2, 0.25) is 0 Å². The van der Waals surface area contributed by atoms with Crippen LogP contribution in [0.15, 0.2) is 0 Å². The van der Waals surface area contributed by atoms with E-state index in [9.17, 15) is 14.7 Å². The summed E-state index contributed by atoms with van der Waals surface area (Å²) in [5.41, 5.74) is -1.41.